The lowest BCUT2D eigenvalue weighted by molar-refractivity contribution is -0.0628. The zero-order chi connectivity index (χ0) is 22.6. The van der Waals surface area contributed by atoms with Gasteiger partial charge in [-0.2, -0.15) is 5.26 Å². The number of halogens is 1. The van der Waals surface area contributed by atoms with Gasteiger partial charge in [0.05, 0.1) is 17.7 Å². The minimum atomic E-state index is -0.404. The molecule has 3 aliphatic rings. The number of fused-ring (bicyclic) bond motifs is 1. The fourth-order valence-corrected chi connectivity index (χ4v) is 5.01. The van der Waals surface area contributed by atoms with E-state index in [0.29, 0.717) is 29.1 Å². The van der Waals surface area contributed by atoms with Crippen molar-refractivity contribution in [2.24, 2.45) is 11.8 Å². The van der Waals surface area contributed by atoms with Gasteiger partial charge in [-0.25, -0.2) is 4.39 Å². The average Bonchev–Trinajstić information content (AvgIpc) is 2.81. The maximum absolute atomic E-state index is 14.3. The minimum absolute atomic E-state index is 0.146. The number of benzene rings is 2. The summed E-state index contributed by atoms with van der Waals surface area (Å²) in [4.78, 5) is 2.51. The first-order valence-electron chi connectivity index (χ1n) is 11.8. The van der Waals surface area contributed by atoms with Crippen LogP contribution in [0.15, 0.2) is 60.7 Å². The highest BCUT2D eigenvalue weighted by Gasteiger charge is 2.29. The monoisotopic (exact) mass is 444 g/mol. The Bertz CT molecular complexity index is 1100. The third-order valence-electron chi connectivity index (χ3n) is 7.05. The number of nitriles is 1. The van der Waals surface area contributed by atoms with Gasteiger partial charge >= 0.3 is 0 Å². The fourth-order valence-electron chi connectivity index (χ4n) is 5.01. The molecule has 2 heterocycles. The lowest BCUT2D eigenvalue weighted by atomic mass is 9.82. The van der Waals surface area contributed by atoms with Crippen molar-refractivity contribution in [3.8, 4) is 11.8 Å². The van der Waals surface area contributed by atoms with Crippen LogP contribution in [0.2, 0.25) is 0 Å². The maximum atomic E-state index is 14.3. The third-order valence-corrected chi connectivity index (χ3v) is 7.05. The molecule has 0 aromatic heterocycles. The topological polar surface area (TPSA) is 45.5 Å². The van der Waals surface area contributed by atoms with E-state index in [1.54, 1.807) is 12.1 Å². The van der Waals surface area contributed by atoms with Gasteiger partial charge in [0.1, 0.15) is 18.2 Å². The van der Waals surface area contributed by atoms with Crippen molar-refractivity contribution in [2.45, 2.75) is 38.5 Å². The Labute approximate surface area is 194 Å². The molecule has 1 fully saturated rings. The Morgan fingerprint density at radius 1 is 1.15 bits per heavy atom. The first-order valence-corrected chi connectivity index (χ1v) is 11.8. The van der Waals surface area contributed by atoms with Crippen LogP contribution in [0.4, 0.5) is 4.39 Å². The predicted octanol–water partition coefficient (Wildman–Crippen LogP) is 5.17. The Balaban J connectivity index is 1.25. The maximum Gasteiger partial charge on any atom is 0.131 e. The first kappa shape index (κ1) is 21.9. The Morgan fingerprint density at radius 3 is 2.76 bits per heavy atom. The summed E-state index contributed by atoms with van der Waals surface area (Å²) in [5.41, 5.74) is 3.28. The van der Waals surface area contributed by atoms with Gasteiger partial charge in [0.2, 0.25) is 0 Å². The molecule has 33 heavy (non-hydrogen) atoms. The molecule has 1 aliphatic carbocycles. The van der Waals surface area contributed by atoms with E-state index < -0.39 is 5.82 Å². The third kappa shape index (κ3) is 5.03. The van der Waals surface area contributed by atoms with Crippen LogP contribution in [0.5, 0.6) is 5.75 Å². The molecule has 2 aromatic carbocycles. The molecule has 0 spiro atoms. The molecular weight excluding hydrogens is 415 g/mol. The largest absolute Gasteiger partial charge is 0.488 e. The van der Waals surface area contributed by atoms with Crippen molar-refractivity contribution in [1.82, 2.24) is 4.90 Å². The molecule has 0 saturated carbocycles. The highest BCUT2D eigenvalue weighted by molar-refractivity contribution is 5.42. The predicted molar refractivity (Wildman–Crippen MR) is 125 cm³/mol. The molecule has 0 bridgehead atoms. The molecular formula is C28H29FN2O2. The standard InChI is InChI=1S/C28H29FN2O2/c29-27-14-20(16-30)8-9-24(27)19-33-28-7-3-6-21-10-12-31(18-26(21)28)17-23-5-2-1-4-22(23)15-25-11-13-32-25/h1-9,14,22-23,25H,10-13,15,17-19H2/t22-,23?,25?/m1/s1. The molecule has 2 unspecified atom stereocenters. The number of hydrogen-bond donors (Lipinski definition) is 0. The van der Waals surface area contributed by atoms with Gasteiger partial charge in [-0.3, -0.25) is 4.90 Å². The highest BCUT2D eigenvalue weighted by atomic mass is 19.1. The SMILES string of the molecule is N#Cc1ccc(COc2cccc3c2CN(CC2C=CC=C[C@@H]2CC2CCO2)CC3)c(F)c1. The van der Waals surface area contributed by atoms with Crippen LogP contribution < -0.4 is 4.74 Å². The van der Waals surface area contributed by atoms with Crippen molar-refractivity contribution < 1.29 is 13.9 Å². The van der Waals surface area contributed by atoms with Gasteiger partial charge in [0.15, 0.2) is 0 Å². The van der Waals surface area contributed by atoms with Crippen LogP contribution in [-0.2, 0) is 24.3 Å². The molecule has 3 atom stereocenters. The fraction of sp³-hybridized carbons (Fsp3) is 0.393. The van der Waals surface area contributed by atoms with Gasteiger partial charge in [-0.1, -0.05) is 42.5 Å². The van der Waals surface area contributed by atoms with Gasteiger partial charge in [-0.15, -0.1) is 0 Å². The second kappa shape index (κ2) is 9.91. The molecule has 5 rings (SSSR count). The molecule has 0 radical (unpaired) electrons. The first-order chi connectivity index (χ1) is 16.2. The second-order valence-corrected chi connectivity index (χ2v) is 9.20. The van der Waals surface area contributed by atoms with E-state index in [4.69, 9.17) is 14.7 Å². The number of allylic oxidation sites excluding steroid dienone is 3. The van der Waals surface area contributed by atoms with Crippen molar-refractivity contribution >= 4 is 0 Å². The van der Waals surface area contributed by atoms with E-state index in [0.717, 1.165) is 44.8 Å². The summed E-state index contributed by atoms with van der Waals surface area (Å²) in [6, 6.07) is 12.6. The van der Waals surface area contributed by atoms with Gasteiger partial charge < -0.3 is 9.47 Å². The number of ether oxygens (including phenoxy) is 2. The van der Waals surface area contributed by atoms with Crippen LogP contribution in [0.1, 0.15) is 35.1 Å². The summed E-state index contributed by atoms with van der Waals surface area (Å²) in [5, 5.41) is 8.94. The van der Waals surface area contributed by atoms with Crippen LogP contribution in [-0.4, -0.2) is 30.7 Å². The smallest absolute Gasteiger partial charge is 0.131 e. The summed E-state index contributed by atoms with van der Waals surface area (Å²) in [6.45, 7) is 3.92. The van der Waals surface area contributed by atoms with E-state index in [9.17, 15) is 4.39 Å². The quantitative estimate of drug-likeness (QED) is 0.591. The van der Waals surface area contributed by atoms with E-state index in [-0.39, 0.29) is 6.61 Å². The Hall–Kier alpha value is -2.94. The van der Waals surface area contributed by atoms with Crippen LogP contribution in [0, 0.1) is 29.0 Å². The second-order valence-electron chi connectivity index (χ2n) is 9.20. The zero-order valence-corrected chi connectivity index (χ0v) is 18.8. The normalized spacial score (nSPS) is 24.1. The molecule has 1 saturated heterocycles. The molecule has 2 aliphatic heterocycles. The van der Waals surface area contributed by atoms with E-state index in [2.05, 4.69) is 35.3 Å². The van der Waals surface area contributed by atoms with Crippen molar-refractivity contribution in [2.75, 3.05) is 19.7 Å². The minimum Gasteiger partial charge on any atom is -0.488 e. The summed E-state index contributed by atoms with van der Waals surface area (Å²) in [5.74, 6) is 1.42. The summed E-state index contributed by atoms with van der Waals surface area (Å²) < 4.78 is 26.1. The van der Waals surface area contributed by atoms with Crippen LogP contribution in [0.25, 0.3) is 0 Å². The van der Waals surface area contributed by atoms with E-state index in [1.165, 1.54) is 23.6 Å². The van der Waals surface area contributed by atoms with Crippen LogP contribution >= 0.6 is 0 Å². The van der Waals surface area contributed by atoms with Gasteiger partial charge in [0, 0.05) is 37.4 Å². The summed E-state index contributed by atoms with van der Waals surface area (Å²) >= 11 is 0. The molecule has 0 N–H and O–H groups in total. The van der Waals surface area contributed by atoms with Crippen LogP contribution in [0.3, 0.4) is 0 Å². The van der Waals surface area contributed by atoms with Crippen molar-refractivity contribution in [1.29, 1.82) is 5.26 Å². The lowest BCUT2D eigenvalue weighted by Crippen LogP contribution is -2.38. The van der Waals surface area contributed by atoms with Crippen molar-refractivity contribution in [3.05, 3.63) is 88.8 Å². The highest BCUT2D eigenvalue weighted by Crippen LogP contribution is 2.33. The Kier molecular flexibility index (Phi) is 6.57. The van der Waals surface area contributed by atoms with Crippen molar-refractivity contribution in [3.63, 3.8) is 0 Å². The molecule has 4 nitrogen and oxygen atoms in total. The average molecular weight is 445 g/mol. The van der Waals surface area contributed by atoms with Gasteiger partial charge in [0.25, 0.3) is 0 Å². The molecule has 5 heteroatoms. The van der Waals surface area contributed by atoms with E-state index in [1.807, 2.05) is 18.2 Å². The summed E-state index contributed by atoms with van der Waals surface area (Å²) in [7, 11) is 0. The number of nitrogens with zero attached hydrogens (tertiary/aromatic N) is 2. The summed E-state index contributed by atoms with van der Waals surface area (Å²) in [6.07, 6.45) is 12.7. The van der Waals surface area contributed by atoms with Gasteiger partial charge in [-0.05, 0) is 54.9 Å². The number of hydrogen-bond acceptors (Lipinski definition) is 4. The molecule has 2 aromatic rings. The Morgan fingerprint density at radius 2 is 2.00 bits per heavy atom. The lowest BCUT2D eigenvalue weighted by Gasteiger charge is -2.37. The number of rotatable bonds is 7. The molecule has 170 valence electrons. The zero-order valence-electron chi connectivity index (χ0n) is 18.8. The van der Waals surface area contributed by atoms with E-state index >= 15 is 0 Å². The molecule has 0 amide bonds.